The van der Waals surface area contributed by atoms with E-state index in [1.165, 1.54) is 5.56 Å². The summed E-state index contributed by atoms with van der Waals surface area (Å²) in [6, 6.07) is 25.3. The number of benzene rings is 3. The van der Waals surface area contributed by atoms with Gasteiger partial charge < -0.3 is 10.2 Å². The van der Waals surface area contributed by atoms with Crippen LogP contribution in [0.4, 0.5) is 10.5 Å². The van der Waals surface area contributed by atoms with Crippen molar-refractivity contribution in [2.24, 2.45) is 0 Å². The summed E-state index contributed by atoms with van der Waals surface area (Å²) >= 11 is 0. The first-order valence-electron chi connectivity index (χ1n) is 11.1. The molecular weight excluding hydrogens is 398 g/mol. The van der Waals surface area contributed by atoms with Crippen molar-refractivity contribution in [3.8, 4) is 0 Å². The van der Waals surface area contributed by atoms with Gasteiger partial charge in [-0.25, -0.2) is 4.79 Å². The quantitative estimate of drug-likeness (QED) is 0.579. The lowest BCUT2D eigenvalue weighted by atomic mass is 10.1. The Hall–Kier alpha value is -3.60. The molecule has 164 valence electrons. The van der Waals surface area contributed by atoms with Crippen LogP contribution in [-0.2, 0) is 6.54 Å². The predicted octanol–water partition coefficient (Wildman–Crippen LogP) is 5.32. The van der Waals surface area contributed by atoms with Crippen molar-refractivity contribution in [1.82, 2.24) is 10.2 Å². The summed E-state index contributed by atoms with van der Waals surface area (Å²) in [6.07, 6.45) is 0.888. The fourth-order valence-corrected chi connectivity index (χ4v) is 4.12. The highest BCUT2D eigenvalue weighted by Gasteiger charge is 2.27. The third kappa shape index (κ3) is 4.99. The Morgan fingerprint density at radius 2 is 1.75 bits per heavy atom. The van der Waals surface area contributed by atoms with Gasteiger partial charge in [-0.15, -0.1) is 0 Å². The number of nitrogens with zero attached hydrogens (tertiary/aromatic N) is 2. The molecule has 5 heteroatoms. The number of rotatable bonds is 6. The van der Waals surface area contributed by atoms with Gasteiger partial charge in [0.05, 0.1) is 6.04 Å². The number of urea groups is 1. The van der Waals surface area contributed by atoms with Crippen LogP contribution in [0.15, 0.2) is 78.9 Å². The smallest absolute Gasteiger partial charge is 0.324 e. The van der Waals surface area contributed by atoms with Crippen molar-refractivity contribution < 1.29 is 9.59 Å². The lowest BCUT2D eigenvalue weighted by Crippen LogP contribution is -2.49. The molecule has 3 aromatic rings. The van der Waals surface area contributed by atoms with Gasteiger partial charge in [0.1, 0.15) is 0 Å². The molecule has 3 amide bonds. The van der Waals surface area contributed by atoms with E-state index in [1.807, 2.05) is 60.4 Å². The second-order valence-electron chi connectivity index (χ2n) is 8.35. The van der Waals surface area contributed by atoms with E-state index in [4.69, 9.17) is 0 Å². The first kappa shape index (κ1) is 21.6. The zero-order valence-corrected chi connectivity index (χ0v) is 18.6. The summed E-state index contributed by atoms with van der Waals surface area (Å²) in [5.74, 6) is -0.149. The molecule has 0 aromatic heterocycles. The van der Waals surface area contributed by atoms with Crippen molar-refractivity contribution in [1.29, 1.82) is 0 Å². The second kappa shape index (κ2) is 9.69. The highest BCUT2D eigenvalue weighted by molar-refractivity contribution is 5.98. The normalized spacial score (nSPS) is 14.9. The lowest BCUT2D eigenvalue weighted by molar-refractivity contribution is 0.0940. The fourth-order valence-electron chi connectivity index (χ4n) is 4.12. The van der Waals surface area contributed by atoms with E-state index >= 15 is 0 Å². The molecule has 3 aromatic carbocycles. The number of aryl methyl sites for hydroxylation is 1. The van der Waals surface area contributed by atoms with Crippen molar-refractivity contribution in [2.75, 3.05) is 18.0 Å². The van der Waals surface area contributed by atoms with Gasteiger partial charge in [0.2, 0.25) is 0 Å². The van der Waals surface area contributed by atoms with Crippen LogP contribution in [0.3, 0.4) is 0 Å². The minimum Gasteiger partial charge on any atom is -0.346 e. The molecule has 1 saturated heterocycles. The molecular formula is C27H29N3O2. The van der Waals surface area contributed by atoms with Gasteiger partial charge in [-0.1, -0.05) is 66.2 Å². The molecule has 1 aliphatic heterocycles. The third-order valence-electron chi connectivity index (χ3n) is 5.83. The predicted molar refractivity (Wildman–Crippen MR) is 128 cm³/mol. The van der Waals surface area contributed by atoms with E-state index < -0.39 is 0 Å². The molecule has 32 heavy (non-hydrogen) atoms. The maximum absolute atomic E-state index is 13.2. The summed E-state index contributed by atoms with van der Waals surface area (Å²) in [5, 5.41) is 3.05. The topological polar surface area (TPSA) is 52.6 Å². The minimum atomic E-state index is -0.149. The molecule has 4 rings (SSSR count). The van der Waals surface area contributed by atoms with Crippen LogP contribution < -0.4 is 10.2 Å². The molecule has 1 N–H and O–H groups in total. The van der Waals surface area contributed by atoms with E-state index in [-0.39, 0.29) is 18.0 Å². The molecule has 1 atom stereocenters. The van der Waals surface area contributed by atoms with Gasteiger partial charge >= 0.3 is 6.03 Å². The van der Waals surface area contributed by atoms with Crippen LogP contribution in [0.1, 0.15) is 46.4 Å². The van der Waals surface area contributed by atoms with Crippen LogP contribution in [0.2, 0.25) is 0 Å². The van der Waals surface area contributed by atoms with Crippen LogP contribution in [-0.4, -0.2) is 29.9 Å². The number of anilines is 1. The van der Waals surface area contributed by atoms with Crippen molar-refractivity contribution in [3.05, 3.63) is 101 Å². The number of carbonyl (C=O) groups excluding carboxylic acids is 2. The maximum Gasteiger partial charge on any atom is 0.324 e. The summed E-state index contributed by atoms with van der Waals surface area (Å²) in [6.45, 7) is 6.00. The van der Waals surface area contributed by atoms with E-state index in [9.17, 15) is 9.59 Å². The van der Waals surface area contributed by atoms with Gasteiger partial charge in [0, 0.05) is 30.9 Å². The number of amides is 3. The zero-order valence-electron chi connectivity index (χ0n) is 18.6. The van der Waals surface area contributed by atoms with Crippen molar-refractivity contribution >= 4 is 17.6 Å². The highest BCUT2D eigenvalue weighted by Crippen LogP contribution is 2.23. The molecule has 0 saturated carbocycles. The Morgan fingerprint density at radius 1 is 0.969 bits per heavy atom. The summed E-state index contributed by atoms with van der Waals surface area (Å²) in [5.41, 5.74) is 4.67. The summed E-state index contributed by atoms with van der Waals surface area (Å²) < 4.78 is 0. The maximum atomic E-state index is 13.2. The van der Waals surface area contributed by atoms with E-state index in [0.29, 0.717) is 18.7 Å². The van der Waals surface area contributed by atoms with Gasteiger partial charge in [-0.05, 0) is 49.6 Å². The van der Waals surface area contributed by atoms with Gasteiger partial charge in [0.25, 0.3) is 5.91 Å². The Kier molecular flexibility index (Phi) is 6.55. The van der Waals surface area contributed by atoms with Crippen LogP contribution >= 0.6 is 0 Å². The molecule has 0 unspecified atom stereocenters. The molecule has 1 heterocycles. The minimum absolute atomic E-state index is 0.0204. The van der Waals surface area contributed by atoms with Crippen LogP contribution in [0, 0.1) is 6.92 Å². The fraction of sp³-hybridized carbons (Fsp3) is 0.259. The van der Waals surface area contributed by atoms with Gasteiger partial charge in [0.15, 0.2) is 0 Å². The Bertz CT molecular complexity index is 1100. The lowest BCUT2D eigenvalue weighted by Gasteiger charge is -2.36. The summed E-state index contributed by atoms with van der Waals surface area (Å²) in [7, 11) is 0. The van der Waals surface area contributed by atoms with E-state index in [0.717, 1.165) is 29.8 Å². The van der Waals surface area contributed by atoms with Crippen LogP contribution in [0.25, 0.3) is 0 Å². The van der Waals surface area contributed by atoms with Crippen molar-refractivity contribution in [3.63, 3.8) is 0 Å². The van der Waals surface area contributed by atoms with Gasteiger partial charge in [-0.2, -0.15) is 0 Å². The summed E-state index contributed by atoms with van der Waals surface area (Å²) in [4.78, 5) is 29.7. The molecule has 5 nitrogen and oxygen atoms in total. The first-order valence-corrected chi connectivity index (χ1v) is 11.1. The average Bonchev–Trinajstić information content (AvgIpc) is 2.81. The first-order chi connectivity index (χ1) is 15.5. The zero-order chi connectivity index (χ0) is 22.5. The van der Waals surface area contributed by atoms with Crippen molar-refractivity contribution in [2.45, 2.75) is 32.9 Å². The van der Waals surface area contributed by atoms with Gasteiger partial charge in [-0.3, -0.25) is 9.69 Å². The standard InChI is InChI=1S/C27H29N3O2/c1-20-9-6-10-22(17-20)19-29-15-8-16-30(27(29)32)25-14-7-13-24(18-25)26(31)28-21(2)23-11-4-3-5-12-23/h3-7,9-14,17-18,21H,8,15-16,19H2,1-2H3,(H,28,31)/t21-/m0/s1. The Balaban J connectivity index is 1.47. The average molecular weight is 428 g/mol. The van der Waals surface area contributed by atoms with E-state index in [2.05, 4.69) is 30.4 Å². The Labute approximate surface area is 189 Å². The molecule has 1 fully saturated rings. The molecule has 0 radical (unpaired) electrons. The van der Waals surface area contributed by atoms with E-state index in [1.54, 1.807) is 17.0 Å². The number of nitrogens with one attached hydrogen (secondary N) is 1. The second-order valence-corrected chi connectivity index (χ2v) is 8.35. The van der Waals surface area contributed by atoms with Crippen LogP contribution in [0.5, 0.6) is 0 Å². The molecule has 0 bridgehead atoms. The monoisotopic (exact) mass is 427 g/mol. The SMILES string of the molecule is Cc1cccc(CN2CCCN(c3cccc(C(=O)N[C@@H](C)c4ccccc4)c3)C2=O)c1. The third-order valence-corrected chi connectivity index (χ3v) is 5.83. The molecule has 1 aliphatic rings. The number of carbonyl (C=O) groups is 2. The highest BCUT2D eigenvalue weighted by atomic mass is 16.2. The molecule has 0 aliphatic carbocycles. The largest absolute Gasteiger partial charge is 0.346 e. The number of hydrogen-bond acceptors (Lipinski definition) is 2. The Morgan fingerprint density at radius 3 is 2.53 bits per heavy atom. The number of hydrogen-bond donors (Lipinski definition) is 1. The molecule has 0 spiro atoms.